The van der Waals surface area contributed by atoms with Gasteiger partial charge < -0.3 is 19.9 Å². The summed E-state index contributed by atoms with van der Waals surface area (Å²) < 4.78 is 15.6. The van der Waals surface area contributed by atoms with Gasteiger partial charge in [0.05, 0.1) is 18.2 Å². The van der Waals surface area contributed by atoms with Crippen molar-refractivity contribution in [2.75, 3.05) is 26.1 Å². The zero-order valence-electron chi connectivity index (χ0n) is 16.6. The van der Waals surface area contributed by atoms with E-state index < -0.39 is 21.9 Å². The van der Waals surface area contributed by atoms with Gasteiger partial charge in [0, 0.05) is 5.69 Å². The third-order valence-corrected chi connectivity index (χ3v) is 7.54. The number of benzene rings is 2. The van der Waals surface area contributed by atoms with Crippen LogP contribution < -0.4 is 5.73 Å². The number of rotatable bonds is 7. The van der Waals surface area contributed by atoms with Gasteiger partial charge >= 0.3 is 11.9 Å². The molecule has 0 amide bonds. The first kappa shape index (κ1) is 22.2. The van der Waals surface area contributed by atoms with E-state index in [-0.39, 0.29) is 13.2 Å². The smallest absolute Gasteiger partial charge is 0.344 e. The van der Waals surface area contributed by atoms with Gasteiger partial charge in [0.1, 0.15) is 10.5 Å². The summed E-state index contributed by atoms with van der Waals surface area (Å²) in [7, 11) is 1.32. The number of carbonyl (C=O) groups excluding carboxylic acids is 2. The van der Waals surface area contributed by atoms with Crippen LogP contribution in [0, 0.1) is 0 Å². The van der Waals surface area contributed by atoms with Gasteiger partial charge in [-0.2, -0.15) is 0 Å². The molecule has 0 fully saturated rings. The Morgan fingerprint density at radius 2 is 1.73 bits per heavy atom. The molecule has 1 aliphatic heterocycles. The molecule has 158 valence electrons. The van der Waals surface area contributed by atoms with Crippen molar-refractivity contribution in [3.05, 3.63) is 76.0 Å². The maximum absolute atomic E-state index is 12.6. The van der Waals surface area contributed by atoms with E-state index in [1.54, 1.807) is 6.92 Å². The quantitative estimate of drug-likeness (QED) is 0.462. The summed E-state index contributed by atoms with van der Waals surface area (Å²) in [6, 6.07) is 17.2. The highest BCUT2D eigenvalue weighted by molar-refractivity contribution is 9.12. The van der Waals surface area contributed by atoms with Crippen LogP contribution in [0.3, 0.4) is 0 Å². The fourth-order valence-electron chi connectivity index (χ4n) is 3.26. The van der Waals surface area contributed by atoms with Crippen LogP contribution in [0.1, 0.15) is 18.1 Å². The second kappa shape index (κ2) is 9.57. The second-order valence-corrected chi connectivity index (χ2v) is 8.57. The molecule has 2 aromatic rings. The number of esters is 2. The van der Waals surface area contributed by atoms with Crippen molar-refractivity contribution in [3.8, 4) is 0 Å². The SMILES string of the molecule is CCOC(=O)COC1=C(Br)C(c2ccccc2)(c2ccc(N)cc2)SC1C(=O)OC. The zero-order chi connectivity index (χ0) is 21.7. The molecule has 0 aliphatic carbocycles. The van der Waals surface area contributed by atoms with Crippen molar-refractivity contribution in [2.45, 2.75) is 16.9 Å². The Hall–Kier alpha value is -2.45. The van der Waals surface area contributed by atoms with E-state index >= 15 is 0 Å². The van der Waals surface area contributed by atoms with Crippen LogP contribution in [0.15, 0.2) is 64.8 Å². The molecule has 2 N–H and O–H groups in total. The van der Waals surface area contributed by atoms with E-state index in [1.807, 2.05) is 54.6 Å². The fourth-order valence-corrected chi connectivity index (χ4v) is 6.08. The molecule has 0 saturated heterocycles. The molecule has 0 spiro atoms. The van der Waals surface area contributed by atoms with Crippen molar-refractivity contribution in [1.29, 1.82) is 0 Å². The Balaban J connectivity index is 2.14. The molecule has 2 aromatic carbocycles. The lowest BCUT2D eigenvalue weighted by molar-refractivity contribution is -0.148. The van der Waals surface area contributed by atoms with Crippen molar-refractivity contribution in [2.24, 2.45) is 0 Å². The molecule has 3 rings (SSSR count). The summed E-state index contributed by atoms with van der Waals surface area (Å²) in [4.78, 5) is 24.5. The van der Waals surface area contributed by atoms with Gasteiger partial charge in [-0.15, -0.1) is 11.8 Å². The number of nitrogens with two attached hydrogens (primary N) is 1. The summed E-state index contributed by atoms with van der Waals surface area (Å²) in [6.45, 7) is 1.66. The third-order valence-electron chi connectivity index (χ3n) is 4.62. The highest BCUT2D eigenvalue weighted by atomic mass is 79.9. The van der Waals surface area contributed by atoms with Gasteiger partial charge in [0.15, 0.2) is 11.9 Å². The molecule has 6 nitrogen and oxygen atoms in total. The van der Waals surface area contributed by atoms with E-state index in [4.69, 9.17) is 19.9 Å². The molecule has 2 atom stereocenters. The molecule has 0 saturated carbocycles. The van der Waals surface area contributed by atoms with Crippen molar-refractivity contribution < 1.29 is 23.8 Å². The summed E-state index contributed by atoms with van der Waals surface area (Å²) in [5.41, 5.74) is 8.37. The van der Waals surface area contributed by atoms with Gasteiger partial charge in [-0.1, -0.05) is 42.5 Å². The first-order valence-corrected chi connectivity index (χ1v) is 11.0. The number of hydrogen-bond acceptors (Lipinski definition) is 7. The molecule has 1 heterocycles. The molecular weight excluding hydrogens is 470 g/mol. The molecule has 0 radical (unpaired) electrons. The van der Waals surface area contributed by atoms with Crippen molar-refractivity contribution >= 4 is 45.3 Å². The second-order valence-electron chi connectivity index (χ2n) is 6.46. The average molecular weight is 492 g/mol. The average Bonchev–Trinajstić information content (AvgIpc) is 3.06. The van der Waals surface area contributed by atoms with E-state index in [0.29, 0.717) is 15.9 Å². The molecule has 30 heavy (non-hydrogen) atoms. The normalized spacial score (nSPS) is 20.7. The Morgan fingerprint density at radius 1 is 1.10 bits per heavy atom. The number of hydrogen-bond donors (Lipinski definition) is 1. The Labute approximate surface area is 187 Å². The Bertz CT molecular complexity index is 948. The lowest BCUT2D eigenvalue weighted by Gasteiger charge is -2.31. The van der Waals surface area contributed by atoms with Crippen LogP contribution >= 0.6 is 27.7 Å². The number of methoxy groups -OCH3 is 1. The van der Waals surface area contributed by atoms with Crippen LogP contribution in [0.2, 0.25) is 0 Å². The largest absolute Gasteiger partial charge is 0.484 e. The lowest BCUT2D eigenvalue weighted by atomic mass is 9.89. The summed E-state index contributed by atoms with van der Waals surface area (Å²) in [5.74, 6) is -0.645. The summed E-state index contributed by atoms with van der Waals surface area (Å²) in [6.07, 6.45) is 0. The topological polar surface area (TPSA) is 87.9 Å². The monoisotopic (exact) mass is 491 g/mol. The predicted molar refractivity (Wildman–Crippen MR) is 120 cm³/mol. The highest BCUT2D eigenvalue weighted by Crippen LogP contribution is 2.60. The van der Waals surface area contributed by atoms with Gasteiger partial charge in [0.2, 0.25) is 0 Å². The molecular formula is C22H22BrNO5S. The number of thioether (sulfide) groups is 1. The van der Waals surface area contributed by atoms with Crippen molar-refractivity contribution in [3.63, 3.8) is 0 Å². The summed E-state index contributed by atoms with van der Waals surface area (Å²) >= 11 is 5.06. The van der Waals surface area contributed by atoms with Gasteiger partial charge in [-0.3, -0.25) is 4.79 Å². The minimum atomic E-state index is -0.780. The van der Waals surface area contributed by atoms with Crippen LogP contribution in [0.4, 0.5) is 5.69 Å². The molecule has 1 aliphatic rings. The first-order valence-electron chi connectivity index (χ1n) is 9.29. The maximum Gasteiger partial charge on any atom is 0.344 e. The van der Waals surface area contributed by atoms with Gasteiger partial charge in [-0.05, 0) is 46.1 Å². The van der Waals surface area contributed by atoms with E-state index in [0.717, 1.165) is 11.1 Å². The number of halogens is 1. The molecule has 8 heteroatoms. The van der Waals surface area contributed by atoms with Crippen molar-refractivity contribution in [1.82, 2.24) is 0 Å². The standard InChI is InChI=1S/C22H22BrNO5S/c1-3-28-17(25)13-29-18-19(21(26)27-2)30-22(20(18)23,14-7-5-4-6-8-14)15-9-11-16(24)12-10-15/h4-12,19H,3,13,24H2,1-2H3. The number of nitrogen functional groups attached to an aromatic ring is 1. The maximum atomic E-state index is 12.6. The molecule has 0 aromatic heterocycles. The highest BCUT2D eigenvalue weighted by Gasteiger charge is 2.52. The van der Waals surface area contributed by atoms with Crippen LogP contribution in [-0.4, -0.2) is 37.5 Å². The van der Waals surface area contributed by atoms with Crippen LogP contribution in [-0.2, 0) is 28.5 Å². The Kier molecular flexibility index (Phi) is 7.10. The van der Waals surface area contributed by atoms with Crippen LogP contribution in [0.25, 0.3) is 0 Å². The number of ether oxygens (including phenoxy) is 3. The Morgan fingerprint density at radius 3 is 2.33 bits per heavy atom. The van der Waals surface area contributed by atoms with Crippen LogP contribution in [0.5, 0.6) is 0 Å². The fraction of sp³-hybridized carbons (Fsp3) is 0.273. The van der Waals surface area contributed by atoms with Gasteiger partial charge in [0.25, 0.3) is 0 Å². The van der Waals surface area contributed by atoms with E-state index in [2.05, 4.69) is 15.9 Å². The van der Waals surface area contributed by atoms with Gasteiger partial charge in [-0.25, -0.2) is 4.79 Å². The third kappa shape index (κ3) is 4.20. The molecule has 2 unspecified atom stereocenters. The minimum Gasteiger partial charge on any atom is -0.484 e. The molecule has 0 bridgehead atoms. The first-order chi connectivity index (χ1) is 14.4. The van der Waals surface area contributed by atoms with E-state index in [1.165, 1.54) is 18.9 Å². The predicted octanol–water partition coefficient (Wildman–Crippen LogP) is 3.99. The minimum absolute atomic E-state index is 0.247. The number of anilines is 1. The zero-order valence-corrected chi connectivity index (χ0v) is 19.0. The number of carbonyl (C=O) groups is 2. The lowest BCUT2D eigenvalue weighted by Crippen LogP contribution is -2.25. The van der Waals surface area contributed by atoms with E-state index in [9.17, 15) is 9.59 Å². The summed E-state index contributed by atoms with van der Waals surface area (Å²) in [5, 5.41) is -0.767.